The first-order valence-electron chi connectivity index (χ1n) is 6.53. The number of aryl methyl sites for hydroxylation is 1. The molecule has 0 amide bonds. The van der Waals surface area contributed by atoms with Crippen LogP contribution in [-0.4, -0.2) is 30.2 Å². The summed E-state index contributed by atoms with van der Waals surface area (Å²) in [5.41, 5.74) is 1.56. The van der Waals surface area contributed by atoms with Gasteiger partial charge in [-0.1, -0.05) is 24.3 Å². The molecular formula is C14H19N3O. The molecule has 1 aromatic rings. The Bertz CT molecular complexity index is 486. The third-order valence-corrected chi connectivity index (χ3v) is 3.78. The topological polar surface area (TPSA) is 56.7 Å². The largest absolute Gasteiger partial charge is 0.383 e. The van der Waals surface area contributed by atoms with E-state index in [0.29, 0.717) is 12.6 Å². The van der Waals surface area contributed by atoms with Crippen molar-refractivity contribution >= 4 is 5.96 Å². The Labute approximate surface area is 107 Å². The maximum atomic E-state index is 10.7. The minimum atomic E-state index is -0.757. The molecule has 18 heavy (non-hydrogen) atoms. The zero-order valence-electron chi connectivity index (χ0n) is 10.6. The highest BCUT2D eigenvalue weighted by Crippen LogP contribution is 2.36. The number of benzene rings is 1. The fourth-order valence-electron chi connectivity index (χ4n) is 2.74. The molecule has 4 heteroatoms. The highest BCUT2D eigenvalue weighted by atomic mass is 16.3. The first kappa shape index (κ1) is 11.5. The van der Waals surface area contributed by atoms with Crippen molar-refractivity contribution < 1.29 is 5.11 Å². The third-order valence-electron chi connectivity index (χ3n) is 3.78. The quantitative estimate of drug-likeness (QED) is 0.721. The minimum absolute atomic E-state index is 0.387. The van der Waals surface area contributed by atoms with Crippen molar-refractivity contribution in [1.29, 1.82) is 0 Å². The summed E-state index contributed by atoms with van der Waals surface area (Å²) in [5, 5.41) is 17.2. The maximum absolute atomic E-state index is 10.7. The van der Waals surface area contributed by atoms with Gasteiger partial charge in [0.1, 0.15) is 5.60 Å². The number of guanidine groups is 1. The highest BCUT2D eigenvalue weighted by Gasteiger charge is 2.36. The Hall–Kier alpha value is -1.55. The number of nitrogens with zero attached hydrogens (tertiary/aromatic N) is 1. The van der Waals surface area contributed by atoms with Gasteiger partial charge in [0.2, 0.25) is 0 Å². The van der Waals surface area contributed by atoms with Gasteiger partial charge >= 0.3 is 0 Å². The Balaban J connectivity index is 1.70. The summed E-state index contributed by atoms with van der Waals surface area (Å²) >= 11 is 0. The van der Waals surface area contributed by atoms with Crippen molar-refractivity contribution in [3.8, 4) is 0 Å². The van der Waals surface area contributed by atoms with Gasteiger partial charge in [0, 0.05) is 6.04 Å². The van der Waals surface area contributed by atoms with E-state index in [-0.39, 0.29) is 0 Å². The lowest BCUT2D eigenvalue weighted by atomic mass is 9.96. The molecule has 0 spiro atoms. The van der Waals surface area contributed by atoms with Gasteiger partial charge in [0.25, 0.3) is 0 Å². The number of hydrogen-bond acceptors (Lipinski definition) is 4. The fourth-order valence-corrected chi connectivity index (χ4v) is 2.74. The molecule has 4 nitrogen and oxygen atoms in total. The summed E-state index contributed by atoms with van der Waals surface area (Å²) in [5.74, 6) is 0.806. The molecule has 0 fully saturated rings. The second-order valence-corrected chi connectivity index (χ2v) is 5.28. The molecule has 0 saturated heterocycles. The number of aliphatic hydroxyl groups is 1. The van der Waals surface area contributed by atoms with Crippen LogP contribution in [0.1, 0.15) is 24.5 Å². The summed E-state index contributed by atoms with van der Waals surface area (Å²) in [4.78, 5) is 4.35. The molecule has 3 rings (SSSR count). The first-order valence-corrected chi connectivity index (χ1v) is 6.53. The normalized spacial score (nSPS) is 29.7. The average molecular weight is 245 g/mol. The van der Waals surface area contributed by atoms with Crippen LogP contribution in [0.2, 0.25) is 0 Å². The number of rotatable bonds is 2. The number of nitrogens with one attached hydrogen (secondary N) is 2. The van der Waals surface area contributed by atoms with Crippen LogP contribution in [0.4, 0.5) is 0 Å². The van der Waals surface area contributed by atoms with Crippen LogP contribution in [0.25, 0.3) is 0 Å². The summed E-state index contributed by atoms with van der Waals surface area (Å²) in [6.45, 7) is 3.41. The Kier molecular flexibility index (Phi) is 2.74. The van der Waals surface area contributed by atoms with Crippen LogP contribution in [0, 0.1) is 0 Å². The number of aliphatic imine (C=N–C) groups is 1. The molecule has 1 aliphatic heterocycles. The average Bonchev–Trinajstić information content (AvgIpc) is 2.93. The van der Waals surface area contributed by atoms with Crippen molar-refractivity contribution in [2.75, 3.05) is 13.1 Å². The van der Waals surface area contributed by atoms with E-state index in [1.54, 1.807) is 0 Å². The molecule has 96 valence electrons. The van der Waals surface area contributed by atoms with E-state index < -0.39 is 5.60 Å². The lowest BCUT2D eigenvalue weighted by Crippen LogP contribution is -2.44. The molecule has 1 aliphatic carbocycles. The highest BCUT2D eigenvalue weighted by molar-refractivity contribution is 5.81. The van der Waals surface area contributed by atoms with Crippen molar-refractivity contribution in [2.45, 2.75) is 31.4 Å². The second-order valence-electron chi connectivity index (χ2n) is 5.28. The maximum Gasteiger partial charge on any atom is 0.191 e. The lowest BCUT2D eigenvalue weighted by Gasteiger charge is -2.25. The van der Waals surface area contributed by atoms with Gasteiger partial charge in [-0.3, -0.25) is 4.99 Å². The van der Waals surface area contributed by atoms with Gasteiger partial charge in [0.15, 0.2) is 5.96 Å². The summed E-state index contributed by atoms with van der Waals surface area (Å²) in [6, 6.07) is 8.53. The molecule has 1 aromatic carbocycles. The van der Waals surface area contributed by atoms with Gasteiger partial charge in [-0.2, -0.15) is 0 Å². The Morgan fingerprint density at radius 2 is 2.33 bits per heavy atom. The summed E-state index contributed by atoms with van der Waals surface area (Å²) in [7, 11) is 0. The number of fused-ring (bicyclic) bond motifs is 1. The fraction of sp³-hybridized carbons (Fsp3) is 0.500. The van der Waals surface area contributed by atoms with Crippen LogP contribution < -0.4 is 10.6 Å². The zero-order chi connectivity index (χ0) is 12.6. The van der Waals surface area contributed by atoms with Gasteiger partial charge in [-0.15, -0.1) is 0 Å². The predicted molar refractivity (Wildman–Crippen MR) is 71.6 cm³/mol. The van der Waals surface area contributed by atoms with E-state index in [4.69, 9.17) is 0 Å². The van der Waals surface area contributed by atoms with Crippen molar-refractivity contribution in [1.82, 2.24) is 10.6 Å². The van der Waals surface area contributed by atoms with E-state index in [1.807, 2.05) is 18.2 Å². The first-order chi connectivity index (χ1) is 8.67. The third kappa shape index (κ3) is 1.97. The molecule has 3 N–H and O–H groups in total. The Morgan fingerprint density at radius 3 is 3.11 bits per heavy atom. The summed E-state index contributed by atoms with van der Waals surface area (Å²) < 4.78 is 0. The monoisotopic (exact) mass is 245 g/mol. The number of hydrogen-bond donors (Lipinski definition) is 3. The second kappa shape index (κ2) is 4.28. The smallest absolute Gasteiger partial charge is 0.191 e. The van der Waals surface area contributed by atoms with Crippen molar-refractivity contribution in [3.63, 3.8) is 0 Å². The van der Waals surface area contributed by atoms with E-state index in [9.17, 15) is 5.11 Å². The molecule has 0 bridgehead atoms. The predicted octanol–water partition coefficient (Wildman–Crippen LogP) is 0.758. The molecule has 1 heterocycles. The van der Waals surface area contributed by atoms with Gasteiger partial charge in [0.05, 0.1) is 13.1 Å². The lowest BCUT2D eigenvalue weighted by molar-refractivity contribution is 0.0432. The van der Waals surface area contributed by atoms with Gasteiger partial charge in [-0.05, 0) is 30.9 Å². The van der Waals surface area contributed by atoms with Crippen LogP contribution >= 0.6 is 0 Å². The zero-order valence-corrected chi connectivity index (χ0v) is 10.6. The van der Waals surface area contributed by atoms with Gasteiger partial charge < -0.3 is 15.7 Å². The van der Waals surface area contributed by atoms with Crippen molar-refractivity contribution in [2.24, 2.45) is 4.99 Å². The van der Waals surface area contributed by atoms with E-state index in [1.165, 1.54) is 5.56 Å². The van der Waals surface area contributed by atoms with Crippen molar-refractivity contribution in [3.05, 3.63) is 35.4 Å². The van der Waals surface area contributed by atoms with Crippen LogP contribution in [0.5, 0.6) is 0 Å². The SMILES string of the molecule is CC1CN=C(NCC2(O)CCc3ccccc32)N1. The molecule has 0 radical (unpaired) electrons. The van der Waals surface area contributed by atoms with E-state index in [2.05, 4.69) is 28.6 Å². The summed E-state index contributed by atoms with van der Waals surface area (Å²) in [6.07, 6.45) is 1.73. The van der Waals surface area contributed by atoms with E-state index >= 15 is 0 Å². The molecule has 2 unspecified atom stereocenters. The molecule has 0 aromatic heterocycles. The molecular weight excluding hydrogens is 226 g/mol. The Morgan fingerprint density at radius 1 is 1.50 bits per heavy atom. The standard InChI is InChI=1S/C14H19N3O/c1-10-8-15-13(17-10)16-9-14(18)7-6-11-4-2-3-5-12(11)14/h2-5,10,18H,6-9H2,1H3,(H2,15,16,17). The molecule has 2 aliphatic rings. The molecule has 0 saturated carbocycles. The molecule has 2 atom stereocenters. The van der Waals surface area contributed by atoms with Gasteiger partial charge in [-0.25, -0.2) is 0 Å². The van der Waals surface area contributed by atoms with Crippen LogP contribution in [0.3, 0.4) is 0 Å². The van der Waals surface area contributed by atoms with E-state index in [0.717, 1.165) is 30.9 Å². The minimum Gasteiger partial charge on any atom is -0.383 e. The van der Waals surface area contributed by atoms with Crippen LogP contribution in [0.15, 0.2) is 29.3 Å². The van der Waals surface area contributed by atoms with Crippen LogP contribution in [-0.2, 0) is 12.0 Å².